The summed E-state index contributed by atoms with van der Waals surface area (Å²) in [5.74, 6) is 2.58. The molecule has 0 saturated heterocycles. The van der Waals surface area contributed by atoms with E-state index in [1.54, 1.807) is 32.1 Å². The van der Waals surface area contributed by atoms with Crippen molar-refractivity contribution in [2.75, 3.05) is 33.0 Å². The number of carbonyl (C=O) groups excluding carboxylic acids is 3. The lowest BCUT2D eigenvalue weighted by molar-refractivity contribution is -0.131. The van der Waals surface area contributed by atoms with Gasteiger partial charge in [-0.25, -0.2) is 9.59 Å². The fraction of sp³-hybridized carbons (Fsp3) is 0.544. The number of aliphatic carboxylic acids is 1. The second-order valence-corrected chi connectivity index (χ2v) is 48.2. The lowest BCUT2D eigenvalue weighted by Gasteiger charge is -2.42. The Morgan fingerprint density at radius 1 is 0.381 bits per heavy atom. The van der Waals surface area contributed by atoms with Gasteiger partial charge >= 0.3 is 11.6 Å². The van der Waals surface area contributed by atoms with Crippen molar-refractivity contribution in [3.63, 3.8) is 0 Å². The van der Waals surface area contributed by atoms with Gasteiger partial charge < -0.3 is 49.0 Å². The van der Waals surface area contributed by atoms with Crippen LogP contribution in [0.4, 0.5) is 0 Å². The van der Waals surface area contributed by atoms with Crippen LogP contribution in [0.1, 0.15) is 433 Å². The monoisotopic (exact) mass is 1900 g/mol. The van der Waals surface area contributed by atoms with Gasteiger partial charge in [-0.05, 0) is 402 Å². The molecule has 0 amide bonds. The fourth-order valence-corrected chi connectivity index (χ4v) is 20.5. The number of aromatic hydroxyl groups is 2. The smallest absolute Gasteiger partial charge is 0.336 e. The van der Waals surface area contributed by atoms with E-state index in [0.717, 1.165) is 142 Å². The van der Waals surface area contributed by atoms with Crippen LogP contribution in [0, 0.1) is 6.92 Å². The molecular formula is C125H176O14. The Bertz CT molecular complexity index is 5830. The summed E-state index contributed by atoms with van der Waals surface area (Å²) in [7, 11) is 0. The number of hydrogen-bond acceptors (Lipinski definition) is 13. The number of fused-ring (bicyclic) bond motifs is 7. The maximum Gasteiger partial charge on any atom is 0.336 e. The van der Waals surface area contributed by atoms with Crippen LogP contribution in [0.5, 0.6) is 28.7 Å². The molecule has 13 rings (SSSR count). The van der Waals surface area contributed by atoms with Gasteiger partial charge in [-0.2, -0.15) is 0 Å². The summed E-state index contributed by atoms with van der Waals surface area (Å²) in [5, 5.41) is 48.2. The van der Waals surface area contributed by atoms with E-state index in [1.807, 2.05) is 63.3 Å². The summed E-state index contributed by atoms with van der Waals surface area (Å²) in [5.41, 5.74) is 29.6. The summed E-state index contributed by atoms with van der Waals surface area (Å²) in [4.78, 5) is 53.5. The number of carbonyl (C=O) groups is 4. The minimum atomic E-state index is -0.928. The number of rotatable bonds is 22. The van der Waals surface area contributed by atoms with Crippen molar-refractivity contribution in [2.45, 2.75) is 410 Å². The lowest BCUT2D eigenvalue weighted by Crippen LogP contribution is -2.34. The molecule has 6 aromatic carbocycles. The summed E-state index contributed by atoms with van der Waals surface area (Å²) >= 11 is 0. The Kier molecular flexibility index (Phi) is 39.2. The highest BCUT2D eigenvalue weighted by Crippen LogP contribution is 2.55. The average Bonchev–Trinajstić information content (AvgIpc) is 0.835. The normalized spacial score (nSPS) is 19.2. The zero-order valence-corrected chi connectivity index (χ0v) is 92.1. The molecular weight excluding hydrogens is 1730 g/mol. The second-order valence-electron chi connectivity index (χ2n) is 48.2. The first-order valence-electron chi connectivity index (χ1n) is 51.2. The number of phenolic OH excluding ortho intramolecular Hbond substituents is 2. The number of aliphatic hydroxyl groups excluding tert-OH is 2. The number of allylic oxidation sites excluding steroid dienone is 11. The first-order valence-corrected chi connectivity index (χ1v) is 51.2. The molecule has 14 heteroatoms. The van der Waals surface area contributed by atoms with Crippen molar-refractivity contribution >= 4 is 57.6 Å². The van der Waals surface area contributed by atoms with Crippen LogP contribution < -0.4 is 19.8 Å². The van der Waals surface area contributed by atoms with E-state index in [1.165, 1.54) is 144 Å². The molecule has 0 radical (unpaired) electrons. The summed E-state index contributed by atoms with van der Waals surface area (Å²) in [6, 6.07) is 29.4. The first-order chi connectivity index (χ1) is 64.3. The molecule has 760 valence electrons. The van der Waals surface area contributed by atoms with E-state index in [0.29, 0.717) is 36.7 Å². The average molecular weight is 1900 g/mol. The third kappa shape index (κ3) is 29.4. The minimum absolute atomic E-state index is 0.00273. The number of ketones is 1. The summed E-state index contributed by atoms with van der Waals surface area (Å²) in [6.07, 6.45) is 32.7. The standard InChI is InChI=1S/C26H36O3.C21H32O2.C21H30O2.C18H22O2.C18H26O2.C14H20O.C7H10O2/c1-8-14-29-23-17-22-21(25(4,5)12-13-26(22,6)7)16-20(23)19(3)11-9-10-18(2)15-24(27)28;2*1-7-12-23-19-14-18-17(13-16(19)15(2)8-11-22)20(3,4)9-10-21(18,5)6;1-11-8-16(19)20-15-10-14-13(9-12(11)15)17(2,3)6-7-18(14,4)5;1-12(6-9-19)13-10-14-15(11-16(13)20)18(4,5)8-7-17(14,2)3;1-13(2)7-8-14(3,4)12-9-10(15)5-6-11(12)13;1-6(3-4-8)5-7(2)9/h9-11,15-17H,8,12-14H2,1-7H3,(H,27,28);8,13-14,22H,7,9-12H2,1-6H3;8,11,13-14H,7,9-10,12H2,1-6H3;8-10H,6-7H2,1-5H3;6,10-11,19-20H,7-9H2,1-5H3;5-6,9,15H,7-8H2,1-4H3;4-5H,3H2,1-2H3/b10-9+,18-15+,19-11-;2*15-8-;;12-6-;;. The lowest BCUT2D eigenvalue weighted by atomic mass is 9.62. The van der Waals surface area contributed by atoms with Gasteiger partial charge in [0.2, 0.25) is 0 Å². The largest absolute Gasteiger partial charge is 0.508 e. The number of hydrogen-bond donors (Lipinski definition) is 5. The molecule has 6 aliphatic carbocycles. The molecule has 6 aliphatic rings. The molecule has 7 aromatic rings. The highest BCUT2D eigenvalue weighted by Gasteiger charge is 2.45. The number of aliphatic hydroxyl groups is 2. The molecule has 14 nitrogen and oxygen atoms in total. The molecule has 0 unspecified atom stereocenters. The van der Waals surface area contributed by atoms with E-state index in [2.05, 4.69) is 261 Å². The number of ether oxygens (including phenoxy) is 3. The van der Waals surface area contributed by atoms with Crippen LogP contribution in [0.15, 0.2) is 154 Å². The van der Waals surface area contributed by atoms with Crippen LogP contribution in [-0.2, 0) is 84.2 Å². The van der Waals surface area contributed by atoms with Gasteiger partial charge in [-0.1, -0.05) is 229 Å². The van der Waals surface area contributed by atoms with Crippen LogP contribution >= 0.6 is 0 Å². The maximum atomic E-state index is 11.6. The van der Waals surface area contributed by atoms with E-state index in [-0.39, 0.29) is 89.6 Å². The molecule has 139 heavy (non-hydrogen) atoms. The van der Waals surface area contributed by atoms with Crippen molar-refractivity contribution in [3.05, 3.63) is 250 Å². The van der Waals surface area contributed by atoms with Gasteiger partial charge in [0.05, 0.1) is 33.0 Å². The molecule has 0 aliphatic heterocycles. The highest BCUT2D eigenvalue weighted by atomic mass is 16.5. The Hall–Kier alpha value is -9.89. The molecule has 0 saturated carbocycles. The van der Waals surface area contributed by atoms with Gasteiger partial charge in [0, 0.05) is 46.2 Å². The van der Waals surface area contributed by atoms with E-state index in [9.17, 15) is 39.3 Å². The number of benzene rings is 6. The molecule has 0 spiro atoms. The predicted octanol–water partition coefficient (Wildman–Crippen LogP) is 30.9. The number of aldehydes is 2. The van der Waals surface area contributed by atoms with Crippen molar-refractivity contribution < 1.29 is 63.3 Å². The molecule has 0 bridgehead atoms. The topological polar surface area (TPSA) is 227 Å². The van der Waals surface area contributed by atoms with Crippen LogP contribution in [0.25, 0.3) is 33.3 Å². The van der Waals surface area contributed by atoms with E-state index in [4.69, 9.17) is 28.8 Å². The minimum Gasteiger partial charge on any atom is -0.508 e. The second kappa shape index (κ2) is 46.9. The van der Waals surface area contributed by atoms with Crippen LogP contribution in [0.2, 0.25) is 0 Å². The summed E-state index contributed by atoms with van der Waals surface area (Å²) < 4.78 is 23.7. The van der Waals surface area contributed by atoms with Crippen molar-refractivity contribution in [3.8, 4) is 28.7 Å². The molecule has 1 heterocycles. The number of aryl methyl sites for hydroxylation is 1. The van der Waals surface area contributed by atoms with E-state index >= 15 is 0 Å². The van der Waals surface area contributed by atoms with Gasteiger partial charge in [0.1, 0.15) is 46.9 Å². The Morgan fingerprint density at radius 2 is 0.691 bits per heavy atom. The number of carboxylic acids is 1. The molecule has 0 atom stereocenters. The third-order valence-electron chi connectivity index (χ3n) is 30.7. The third-order valence-corrected chi connectivity index (χ3v) is 30.7. The predicted molar refractivity (Wildman–Crippen MR) is 582 cm³/mol. The van der Waals surface area contributed by atoms with Crippen molar-refractivity contribution in [2.24, 2.45) is 0 Å². The SMILES string of the molecule is C/C(=C/CO)c1cc2c(cc1O)C(C)(C)CCC2(C)C.CC(=O)C=C(C)CC=O.CC1(C)CCC(C)(C)c2cc(O)ccc21.CCCOc1cc2c(cc1/C(C)=C\C=O)C(C)(C)CCC2(C)C.CCCOc1cc2c(cc1/C(C)=C\CO)C(C)(C)CCC2(C)C.CCCOc1cc2c(cc1\C(C)=C/C=C/C(C)=C/C(=O)O)C(C)(C)CCC2(C)C.Cc1cc(=O)oc2cc3c(cc12)C(C)(C)CCC3(C)C. The molecule has 0 fully saturated rings. The fourth-order valence-electron chi connectivity index (χ4n) is 20.5. The van der Waals surface area contributed by atoms with E-state index < -0.39 is 5.97 Å². The zero-order chi connectivity index (χ0) is 105. The van der Waals surface area contributed by atoms with Gasteiger partial charge in [0.15, 0.2) is 5.78 Å². The molecule has 1 aromatic heterocycles. The van der Waals surface area contributed by atoms with Gasteiger partial charge in [-0.15, -0.1) is 0 Å². The van der Waals surface area contributed by atoms with Crippen LogP contribution in [-0.4, -0.2) is 82.9 Å². The first kappa shape index (κ1) is 116. The maximum absolute atomic E-state index is 11.6. The highest BCUT2D eigenvalue weighted by molar-refractivity contribution is 5.88. The molecule has 5 N–H and O–H groups in total. The Morgan fingerprint density at radius 3 is 1.03 bits per heavy atom. The van der Waals surface area contributed by atoms with Gasteiger partial charge in [-0.3, -0.25) is 9.59 Å². The Balaban J connectivity index is 0.000000224. The van der Waals surface area contributed by atoms with Crippen molar-refractivity contribution in [1.29, 1.82) is 0 Å². The quantitative estimate of drug-likeness (QED) is 0.0184. The Labute approximate surface area is 837 Å². The number of phenols is 2. The summed E-state index contributed by atoms with van der Waals surface area (Å²) in [6.45, 7) is 78.8. The van der Waals surface area contributed by atoms with Crippen LogP contribution in [0.3, 0.4) is 0 Å². The van der Waals surface area contributed by atoms with Crippen molar-refractivity contribution in [1.82, 2.24) is 0 Å². The number of carboxylic acid groups (broad SMARTS) is 1. The zero-order valence-electron chi connectivity index (χ0n) is 92.1. The van der Waals surface area contributed by atoms with Gasteiger partial charge in [0.25, 0.3) is 0 Å².